The number of aryl methyl sites for hydroxylation is 1. The average Bonchev–Trinajstić information content (AvgIpc) is 3.27. The molecule has 0 aliphatic heterocycles. The van der Waals surface area contributed by atoms with Gasteiger partial charge in [-0.15, -0.1) is 0 Å². The highest BCUT2D eigenvalue weighted by atomic mass is 19.1. The summed E-state index contributed by atoms with van der Waals surface area (Å²) in [5.74, 6) is -0.716. The molecule has 1 amide bonds. The Labute approximate surface area is 199 Å². The van der Waals surface area contributed by atoms with E-state index in [0.29, 0.717) is 17.1 Å². The lowest BCUT2D eigenvalue weighted by Crippen LogP contribution is -2.27. The highest BCUT2D eigenvalue weighted by Crippen LogP contribution is 2.19. The summed E-state index contributed by atoms with van der Waals surface area (Å²) in [6.07, 6.45) is 3.78. The van der Waals surface area contributed by atoms with E-state index in [1.807, 2.05) is 35.0 Å². The number of para-hydroxylation sites is 1. The molecular weight excluding hydrogens is 449 g/mol. The third kappa shape index (κ3) is 4.65. The Balaban J connectivity index is 1.34. The summed E-state index contributed by atoms with van der Waals surface area (Å²) in [5.41, 5.74) is 1.62. The standard InChI is InChI=1S/C26H20FN5O3/c1-17-13-23(33)25(30-32(17)22-10-3-2-9-21(22)27)26(34)29-18-7-6-8-20(14-18)35-16-19-15-31-12-5-4-11-24(31)28-19/h2-15H,16H2,1H3,(H,29,34). The molecule has 0 fully saturated rings. The molecule has 2 aromatic carbocycles. The van der Waals surface area contributed by atoms with E-state index >= 15 is 0 Å². The topological polar surface area (TPSA) is 90.5 Å². The Morgan fingerprint density at radius 1 is 1.06 bits per heavy atom. The second-order valence-corrected chi connectivity index (χ2v) is 7.83. The number of halogens is 1. The van der Waals surface area contributed by atoms with Gasteiger partial charge in [0.15, 0.2) is 5.69 Å². The molecule has 5 aromatic rings. The first-order valence-electron chi connectivity index (χ1n) is 10.8. The molecule has 35 heavy (non-hydrogen) atoms. The quantitative estimate of drug-likeness (QED) is 0.403. The number of amides is 1. The number of nitrogens with zero attached hydrogens (tertiary/aromatic N) is 4. The van der Waals surface area contributed by atoms with Crippen molar-refractivity contribution < 1.29 is 13.9 Å². The van der Waals surface area contributed by atoms with E-state index in [9.17, 15) is 14.0 Å². The molecule has 0 aliphatic rings. The van der Waals surface area contributed by atoms with Gasteiger partial charge in [-0.2, -0.15) is 5.10 Å². The molecule has 8 nitrogen and oxygen atoms in total. The molecule has 0 saturated heterocycles. The van der Waals surface area contributed by atoms with Crippen LogP contribution in [0.2, 0.25) is 0 Å². The number of benzene rings is 2. The lowest BCUT2D eigenvalue weighted by atomic mass is 10.2. The average molecular weight is 469 g/mol. The second kappa shape index (κ2) is 9.22. The molecule has 1 N–H and O–H groups in total. The van der Waals surface area contributed by atoms with Gasteiger partial charge in [-0.25, -0.2) is 14.1 Å². The Bertz CT molecular complexity index is 1580. The molecule has 0 atom stereocenters. The number of fused-ring (bicyclic) bond motifs is 1. The molecule has 3 heterocycles. The minimum absolute atomic E-state index is 0.140. The molecule has 0 radical (unpaired) electrons. The zero-order chi connectivity index (χ0) is 24.4. The Hall–Kier alpha value is -4.79. The van der Waals surface area contributed by atoms with Crippen LogP contribution in [0.15, 0.2) is 90.0 Å². The van der Waals surface area contributed by atoms with E-state index < -0.39 is 17.2 Å². The maximum Gasteiger partial charge on any atom is 0.280 e. The monoisotopic (exact) mass is 469 g/mol. The molecular formula is C26H20FN5O3. The first-order chi connectivity index (χ1) is 17.0. The number of anilines is 1. The molecule has 0 bridgehead atoms. The molecule has 3 aromatic heterocycles. The maximum atomic E-state index is 14.3. The van der Waals surface area contributed by atoms with Gasteiger partial charge in [0, 0.05) is 35.9 Å². The number of pyridine rings is 1. The van der Waals surface area contributed by atoms with Crippen LogP contribution in [0.1, 0.15) is 21.9 Å². The van der Waals surface area contributed by atoms with Gasteiger partial charge in [0.1, 0.15) is 29.5 Å². The molecule has 5 rings (SSSR count). The van der Waals surface area contributed by atoms with Crippen LogP contribution in [-0.4, -0.2) is 25.1 Å². The minimum atomic E-state index is -0.711. The number of hydrogen-bond acceptors (Lipinski definition) is 5. The van der Waals surface area contributed by atoms with Gasteiger partial charge in [-0.05, 0) is 43.3 Å². The summed E-state index contributed by atoms with van der Waals surface area (Å²) in [6.45, 7) is 1.86. The fourth-order valence-corrected chi connectivity index (χ4v) is 3.64. The minimum Gasteiger partial charge on any atom is -0.487 e. The molecule has 0 aliphatic carbocycles. The SMILES string of the molecule is Cc1cc(=O)c(C(=O)Nc2cccc(OCc3cn4ccccc4n3)c2)nn1-c1ccccc1F. The Morgan fingerprint density at radius 2 is 1.89 bits per heavy atom. The third-order valence-corrected chi connectivity index (χ3v) is 5.30. The second-order valence-electron chi connectivity index (χ2n) is 7.83. The lowest BCUT2D eigenvalue weighted by molar-refractivity contribution is 0.101. The normalized spacial score (nSPS) is 10.9. The number of imidazole rings is 1. The third-order valence-electron chi connectivity index (χ3n) is 5.30. The fourth-order valence-electron chi connectivity index (χ4n) is 3.64. The van der Waals surface area contributed by atoms with Crippen LogP contribution in [0.3, 0.4) is 0 Å². The summed E-state index contributed by atoms with van der Waals surface area (Å²) in [5, 5.41) is 6.79. The van der Waals surface area contributed by atoms with Gasteiger partial charge < -0.3 is 14.5 Å². The van der Waals surface area contributed by atoms with Crippen molar-refractivity contribution in [2.24, 2.45) is 0 Å². The van der Waals surface area contributed by atoms with Crippen molar-refractivity contribution in [1.82, 2.24) is 19.2 Å². The summed E-state index contributed by atoms with van der Waals surface area (Å²) in [4.78, 5) is 29.8. The first-order valence-corrected chi connectivity index (χ1v) is 10.8. The lowest BCUT2D eigenvalue weighted by Gasteiger charge is -2.12. The molecule has 0 spiro atoms. The van der Waals surface area contributed by atoms with Crippen LogP contribution in [0.4, 0.5) is 10.1 Å². The number of hydrogen-bond donors (Lipinski definition) is 1. The van der Waals surface area contributed by atoms with Crippen LogP contribution < -0.4 is 15.5 Å². The number of ether oxygens (including phenoxy) is 1. The van der Waals surface area contributed by atoms with Crippen molar-refractivity contribution in [2.45, 2.75) is 13.5 Å². The number of carbonyl (C=O) groups is 1. The smallest absolute Gasteiger partial charge is 0.280 e. The van der Waals surface area contributed by atoms with Crippen LogP contribution >= 0.6 is 0 Å². The summed E-state index contributed by atoms with van der Waals surface area (Å²) in [6, 6.07) is 19.8. The number of rotatable bonds is 6. The van der Waals surface area contributed by atoms with E-state index in [0.717, 1.165) is 11.3 Å². The van der Waals surface area contributed by atoms with Gasteiger partial charge in [0.2, 0.25) is 5.43 Å². The molecule has 0 saturated carbocycles. The summed E-state index contributed by atoms with van der Waals surface area (Å²) >= 11 is 0. The highest BCUT2D eigenvalue weighted by Gasteiger charge is 2.17. The number of carbonyl (C=O) groups excluding carboxylic acids is 1. The van der Waals surface area contributed by atoms with Crippen molar-refractivity contribution in [3.8, 4) is 11.4 Å². The number of aromatic nitrogens is 4. The summed E-state index contributed by atoms with van der Waals surface area (Å²) in [7, 11) is 0. The maximum absolute atomic E-state index is 14.3. The van der Waals surface area contributed by atoms with E-state index in [-0.39, 0.29) is 18.0 Å². The van der Waals surface area contributed by atoms with E-state index in [2.05, 4.69) is 15.4 Å². The predicted molar refractivity (Wildman–Crippen MR) is 128 cm³/mol. The van der Waals surface area contributed by atoms with Crippen molar-refractivity contribution in [1.29, 1.82) is 0 Å². The van der Waals surface area contributed by atoms with Crippen LogP contribution in [0, 0.1) is 12.7 Å². The highest BCUT2D eigenvalue weighted by molar-refractivity contribution is 6.02. The zero-order valence-corrected chi connectivity index (χ0v) is 18.7. The van der Waals surface area contributed by atoms with E-state index in [1.165, 1.54) is 22.9 Å². The zero-order valence-electron chi connectivity index (χ0n) is 18.7. The number of nitrogens with one attached hydrogen (secondary N) is 1. The van der Waals surface area contributed by atoms with Crippen LogP contribution in [0.25, 0.3) is 11.3 Å². The van der Waals surface area contributed by atoms with Crippen LogP contribution in [0.5, 0.6) is 5.75 Å². The van der Waals surface area contributed by atoms with Crippen LogP contribution in [-0.2, 0) is 6.61 Å². The van der Waals surface area contributed by atoms with Crippen molar-refractivity contribution in [2.75, 3.05) is 5.32 Å². The molecule has 0 unspecified atom stereocenters. The predicted octanol–water partition coefficient (Wildman–Crippen LogP) is 4.16. The van der Waals surface area contributed by atoms with E-state index in [4.69, 9.17) is 4.74 Å². The largest absolute Gasteiger partial charge is 0.487 e. The van der Waals surface area contributed by atoms with Gasteiger partial charge >= 0.3 is 0 Å². The Kier molecular flexibility index (Phi) is 5.80. The van der Waals surface area contributed by atoms with Crippen molar-refractivity contribution in [3.63, 3.8) is 0 Å². The summed E-state index contributed by atoms with van der Waals surface area (Å²) < 4.78 is 23.2. The first kappa shape index (κ1) is 22.0. The fraction of sp³-hybridized carbons (Fsp3) is 0.0769. The van der Waals surface area contributed by atoms with Gasteiger partial charge in [0.05, 0.1) is 5.69 Å². The van der Waals surface area contributed by atoms with Crippen molar-refractivity contribution in [3.05, 3.63) is 118 Å². The Morgan fingerprint density at radius 3 is 2.71 bits per heavy atom. The molecule has 174 valence electrons. The van der Waals surface area contributed by atoms with Gasteiger partial charge in [-0.3, -0.25) is 9.59 Å². The van der Waals surface area contributed by atoms with Crippen molar-refractivity contribution >= 4 is 17.2 Å². The van der Waals surface area contributed by atoms with Gasteiger partial charge in [-0.1, -0.05) is 24.3 Å². The van der Waals surface area contributed by atoms with Gasteiger partial charge in [0.25, 0.3) is 5.91 Å². The van der Waals surface area contributed by atoms with E-state index in [1.54, 1.807) is 43.3 Å². The molecule has 9 heteroatoms.